The number of ether oxygens (including phenoxy) is 4. The molecular weight excluding hydrogens is 548 g/mol. The van der Waals surface area contributed by atoms with Crippen molar-refractivity contribution in [2.75, 3.05) is 26.4 Å². The Labute approximate surface area is 258 Å². The molecule has 8 heteroatoms. The van der Waals surface area contributed by atoms with E-state index in [1.165, 1.54) is 38.8 Å². The van der Waals surface area contributed by atoms with Crippen LogP contribution in [0.3, 0.4) is 0 Å². The minimum absolute atomic E-state index is 0.0117. The van der Waals surface area contributed by atoms with Crippen molar-refractivity contribution in [1.29, 1.82) is 0 Å². The monoisotopic (exact) mass is 602 g/mol. The summed E-state index contributed by atoms with van der Waals surface area (Å²) in [5.74, 6) is 0.973. The standard InChI is InChI=1S/C14H20O4.C11H18O2.C10H16O2/c1-10(15)17-7-5-6-12-8-13(14(12,3)4)9-18-11(2)16;1-5-9-6-10(11(9,3)4)7-13-8(2)12;1-7-5-9(10(7,3)4)6-12-8(2)11/h5,13H,7-9H2,1-4H3;5,9-10H,1,6-7H2,2-4H3;9H,1,5-6H2,2-4H3. The summed E-state index contributed by atoms with van der Waals surface area (Å²) in [7, 11) is 0. The first-order chi connectivity index (χ1) is 19.8. The number of esters is 4. The lowest BCUT2D eigenvalue weighted by atomic mass is 9.55. The molecule has 0 aromatic carbocycles. The second-order valence-corrected chi connectivity index (χ2v) is 13.5. The van der Waals surface area contributed by atoms with Gasteiger partial charge >= 0.3 is 23.9 Å². The van der Waals surface area contributed by atoms with Gasteiger partial charge in [0.15, 0.2) is 0 Å². The second kappa shape index (κ2) is 16.1. The number of allylic oxidation sites excluding steroid dienone is 2. The van der Waals surface area contributed by atoms with Crippen molar-refractivity contribution in [1.82, 2.24) is 0 Å². The highest BCUT2D eigenvalue weighted by Gasteiger charge is 2.47. The highest BCUT2D eigenvalue weighted by atomic mass is 16.5. The zero-order valence-corrected chi connectivity index (χ0v) is 28.1. The van der Waals surface area contributed by atoms with E-state index in [0.717, 1.165) is 19.3 Å². The Kier molecular flexibility index (Phi) is 14.2. The van der Waals surface area contributed by atoms with Crippen LogP contribution in [0, 0.1) is 39.9 Å². The first-order valence-corrected chi connectivity index (χ1v) is 15.0. The third-order valence-electron chi connectivity index (χ3n) is 9.61. The Morgan fingerprint density at radius 2 is 1.19 bits per heavy atom. The van der Waals surface area contributed by atoms with Gasteiger partial charge in [0.05, 0.1) is 19.8 Å². The van der Waals surface area contributed by atoms with Crippen molar-refractivity contribution in [2.24, 2.45) is 39.9 Å². The quantitative estimate of drug-likeness (QED) is 0.123. The molecule has 242 valence electrons. The Bertz CT molecular complexity index is 1100. The van der Waals surface area contributed by atoms with Crippen molar-refractivity contribution in [3.8, 4) is 0 Å². The van der Waals surface area contributed by atoms with E-state index in [1.807, 2.05) is 6.08 Å². The summed E-state index contributed by atoms with van der Waals surface area (Å²) in [6, 6.07) is 0. The van der Waals surface area contributed by atoms with Gasteiger partial charge in [-0.3, -0.25) is 19.2 Å². The van der Waals surface area contributed by atoms with Gasteiger partial charge in [-0.2, -0.15) is 0 Å². The topological polar surface area (TPSA) is 105 Å². The first-order valence-electron chi connectivity index (χ1n) is 15.0. The normalized spacial score (nSPS) is 25.1. The predicted octanol–water partition coefficient (Wildman–Crippen LogP) is 6.79. The molecule has 4 atom stereocenters. The van der Waals surface area contributed by atoms with Crippen molar-refractivity contribution in [2.45, 2.75) is 88.5 Å². The van der Waals surface area contributed by atoms with E-state index in [9.17, 15) is 19.2 Å². The van der Waals surface area contributed by atoms with Crippen LogP contribution in [0.2, 0.25) is 0 Å². The van der Waals surface area contributed by atoms with Gasteiger partial charge in [-0.1, -0.05) is 59.8 Å². The fourth-order valence-electron chi connectivity index (χ4n) is 5.35. The van der Waals surface area contributed by atoms with Crippen LogP contribution in [0.25, 0.3) is 0 Å². The molecule has 4 unspecified atom stereocenters. The van der Waals surface area contributed by atoms with E-state index in [1.54, 1.807) is 6.08 Å². The van der Waals surface area contributed by atoms with Crippen LogP contribution in [-0.4, -0.2) is 50.3 Å². The fourth-order valence-corrected chi connectivity index (χ4v) is 5.35. The molecule has 43 heavy (non-hydrogen) atoms. The van der Waals surface area contributed by atoms with Crippen LogP contribution >= 0.6 is 0 Å². The predicted molar refractivity (Wildman–Crippen MR) is 167 cm³/mol. The Morgan fingerprint density at radius 3 is 1.53 bits per heavy atom. The maximum atomic E-state index is 10.8. The smallest absolute Gasteiger partial charge is 0.302 e. The summed E-state index contributed by atoms with van der Waals surface area (Å²) in [6.45, 7) is 28.2. The van der Waals surface area contributed by atoms with Gasteiger partial charge in [-0.25, -0.2) is 0 Å². The minimum Gasteiger partial charge on any atom is -0.466 e. The number of rotatable bonds is 9. The summed E-state index contributed by atoms with van der Waals surface area (Å²) >= 11 is 0. The minimum atomic E-state index is -0.293. The lowest BCUT2D eigenvalue weighted by Crippen LogP contribution is -2.46. The van der Waals surface area contributed by atoms with Gasteiger partial charge in [0.25, 0.3) is 0 Å². The largest absolute Gasteiger partial charge is 0.466 e. The van der Waals surface area contributed by atoms with Crippen molar-refractivity contribution >= 4 is 23.9 Å². The van der Waals surface area contributed by atoms with E-state index in [2.05, 4.69) is 60.4 Å². The summed E-state index contributed by atoms with van der Waals surface area (Å²) in [5.41, 5.74) is 5.99. The van der Waals surface area contributed by atoms with E-state index in [0.29, 0.717) is 43.5 Å². The fraction of sp³-hybridized carbons (Fsp3) is 0.686. The van der Waals surface area contributed by atoms with Crippen LogP contribution in [0.5, 0.6) is 0 Å². The molecule has 8 nitrogen and oxygen atoms in total. The second-order valence-electron chi connectivity index (χ2n) is 13.5. The molecule has 3 aliphatic carbocycles. The molecule has 0 N–H and O–H groups in total. The summed E-state index contributed by atoms with van der Waals surface area (Å²) < 4.78 is 19.8. The summed E-state index contributed by atoms with van der Waals surface area (Å²) in [6.07, 6.45) is 6.70. The zero-order valence-electron chi connectivity index (χ0n) is 28.1. The maximum Gasteiger partial charge on any atom is 0.302 e. The average Bonchev–Trinajstić information content (AvgIpc) is 2.89. The molecule has 3 rings (SSSR count). The number of hydrogen-bond donors (Lipinski definition) is 0. The SMILES string of the molecule is C=C1CC(COC(C)=O)C1(C)C.C=CC1CC(COC(C)=O)C1(C)C.CC(=O)OCC=C=C1CC(COC(C)=O)C1(C)C. The highest BCUT2D eigenvalue weighted by molar-refractivity contribution is 5.66. The van der Waals surface area contributed by atoms with Crippen LogP contribution in [-0.2, 0) is 38.1 Å². The average molecular weight is 603 g/mol. The Morgan fingerprint density at radius 1 is 0.744 bits per heavy atom. The Balaban J connectivity index is 0.000000331. The van der Waals surface area contributed by atoms with E-state index >= 15 is 0 Å². The molecule has 0 aliphatic heterocycles. The summed E-state index contributed by atoms with van der Waals surface area (Å²) in [5, 5.41) is 0. The molecule has 0 bridgehead atoms. The molecule has 0 aromatic rings. The molecule has 0 spiro atoms. The lowest BCUT2D eigenvalue weighted by molar-refractivity contribution is -0.148. The molecule has 0 aromatic heterocycles. The van der Waals surface area contributed by atoms with Crippen LogP contribution in [0.15, 0.2) is 42.2 Å². The van der Waals surface area contributed by atoms with Crippen LogP contribution < -0.4 is 0 Å². The molecule has 0 radical (unpaired) electrons. The molecule has 0 saturated heterocycles. The van der Waals surface area contributed by atoms with E-state index in [4.69, 9.17) is 18.9 Å². The van der Waals surface area contributed by atoms with Crippen molar-refractivity contribution < 1.29 is 38.1 Å². The molecular formula is C35H54O8. The highest BCUT2D eigenvalue weighted by Crippen LogP contribution is 2.52. The first kappa shape index (κ1) is 37.9. The van der Waals surface area contributed by atoms with Crippen LogP contribution in [0.4, 0.5) is 0 Å². The Hall–Kier alpha value is -3.12. The molecule has 3 fully saturated rings. The van der Waals surface area contributed by atoms with Gasteiger partial charge in [-0.15, -0.1) is 12.3 Å². The van der Waals surface area contributed by atoms with Crippen molar-refractivity contribution in [3.63, 3.8) is 0 Å². The zero-order chi connectivity index (χ0) is 33.2. The van der Waals surface area contributed by atoms with Gasteiger partial charge in [0.1, 0.15) is 6.61 Å². The van der Waals surface area contributed by atoms with Crippen LogP contribution in [0.1, 0.15) is 88.5 Å². The molecule has 3 saturated carbocycles. The number of carbonyl (C=O) groups excluding carboxylic acids is 4. The van der Waals surface area contributed by atoms with Gasteiger partial charge < -0.3 is 18.9 Å². The number of hydrogen-bond acceptors (Lipinski definition) is 8. The maximum absolute atomic E-state index is 10.8. The van der Waals surface area contributed by atoms with E-state index < -0.39 is 0 Å². The molecule has 0 heterocycles. The van der Waals surface area contributed by atoms with Gasteiger partial charge in [0.2, 0.25) is 0 Å². The van der Waals surface area contributed by atoms with Gasteiger partial charge in [0, 0.05) is 39.5 Å². The van der Waals surface area contributed by atoms with Gasteiger partial charge in [-0.05, 0) is 59.0 Å². The third kappa shape index (κ3) is 11.1. The third-order valence-corrected chi connectivity index (χ3v) is 9.61. The lowest BCUT2D eigenvalue weighted by Gasteiger charge is -2.50. The molecule has 0 amide bonds. The summed E-state index contributed by atoms with van der Waals surface area (Å²) in [4.78, 5) is 42.5. The molecule has 3 aliphatic rings. The van der Waals surface area contributed by atoms with Crippen molar-refractivity contribution in [3.05, 3.63) is 42.2 Å². The number of carbonyl (C=O) groups is 4. The van der Waals surface area contributed by atoms with E-state index in [-0.39, 0.29) is 46.7 Å².